The number of aliphatic hydroxyl groups excluding tert-OH is 5. The summed E-state index contributed by atoms with van der Waals surface area (Å²) < 4.78 is 36.9. The number of carboxylic acid groups (broad SMARTS) is 1. The molecule has 438 valence electrons. The average Bonchev–Trinajstić information content (AvgIpc) is 4.25. The molecule has 1 fully saturated rings. The molecule has 7 atom stereocenters. The van der Waals surface area contributed by atoms with E-state index in [1.54, 1.807) is 44.2 Å². The SMILES string of the molecule is COc1cc2c(cc1OCCCC(=O)Nc1cc(C(=O)Nc3cc(C(=O)NCCCO)n(C)c3)n(C)c1)N(C(=O)OCc1ccc(O[C@@H]3O[C@H](C(=O)O)[C@@H](O)[C@H](O)[C@H]3O)c(C(=O)NCCOCCON)c1)C(O)[C@@H]1CC(C)=CN1C2=O. The maximum Gasteiger partial charge on any atom is 0.416 e. The number of carboxylic acids is 1. The Bertz CT molecular complexity index is 3000. The first kappa shape index (κ1) is 60.5. The second-order valence-electron chi connectivity index (χ2n) is 19.0. The van der Waals surface area contributed by atoms with Crippen LogP contribution in [0.25, 0.3) is 0 Å². The number of anilines is 3. The standard InChI is InChI=1S/C52H65N9O20/c1-27-17-36-49(71)61(52(74)78-26-28-8-9-37(32(18-28)45(67)55-11-14-76-15-16-79-53)80-51-43(66)41(64)42(65)44(81-51)50(72)73)33-22-39(38(75-4)21-31(33)48(70)60(36)23-27)77-13-5-7-40(63)56-29-19-35(59(3)24-29)47(69)57-30-20-34(58(2)25-30)46(68)54-10-6-12-62/h8-9,18-25,36,41-44,49,51,62,64-66,71H,5-7,10-17,26,53H2,1-4H3,(H,54,68)(H,55,67)(H,56,63)(H,57,69)(H,72,73)/t36-,41-,42-,43+,44-,49?,51+/m0/s1. The fourth-order valence-corrected chi connectivity index (χ4v) is 9.02. The molecule has 0 aliphatic carbocycles. The lowest BCUT2D eigenvalue weighted by Crippen LogP contribution is -2.61. The molecule has 81 heavy (non-hydrogen) atoms. The van der Waals surface area contributed by atoms with Crippen molar-refractivity contribution in [1.29, 1.82) is 0 Å². The first-order chi connectivity index (χ1) is 38.7. The number of methoxy groups -OCH3 is 1. The van der Waals surface area contributed by atoms with E-state index in [9.17, 15) is 59.1 Å². The summed E-state index contributed by atoms with van der Waals surface area (Å²) in [6.45, 7) is 1.48. The van der Waals surface area contributed by atoms with E-state index in [2.05, 4.69) is 26.1 Å². The third-order valence-corrected chi connectivity index (χ3v) is 13.1. The molecule has 12 N–H and O–H groups in total. The van der Waals surface area contributed by atoms with Gasteiger partial charge in [-0.25, -0.2) is 20.4 Å². The molecular formula is C52H65N9O20. The number of aliphatic carboxylic acids is 1. The van der Waals surface area contributed by atoms with Crippen LogP contribution < -0.4 is 46.3 Å². The summed E-state index contributed by atoms with van der Waals surface area (Å²) in [4.78, 5) is 99.7. The van der Waals surface area contributed by atoms with Gasteiger partial charge in [0.2, 0.25) is 12.2 Å². The summed E-state index contributed by atoms with van der Waals surface area (Å²) in [7, 11) is 4.60. The third-order valence-electron chi connectivity index (χ3n) is 13.1. The normalized spacial score (nSPS) is 20.3. The molecule has 0 saturated carbocycles. The summed E-state index contributed by atoms with van der Waals surface area (Å²) in [5.74, 6) is 0.510. The number of rotatable bonds is 25. The van der Waals surface area contributed by atoms with Crippen LogP contribution in [0.2, 0.25) is 0 Å². The number of fused-ring (bicyclic) bond motifs is 2. The molecule has 2 aromatic carbocycles. The van der Waals surface area contributed by atoms with Crippen molar-refractivity contribution in [3.05, 3.63) is 94.7 Å². The summed E-state index contributed by atoms with van der Waals surface area (Å²) >= 11 is 0. The van der Waals surface area contributed by atoms with E-state index < -0.39 is 85.3 Å². The number of hydrogen-bond acceptors (Lipinski definition) is 20. The molecule has 7 rings (SSSR count). The number of nitrogens with two attached hydrogens (primary N) is 1. The van der Waals surface area contributed by atoms with Crippen LogP contribution >= 0.6 is 0 Å². The molecule has 3 aliphatic heterocycles. The van der Waals surface area contributed by atoms with Crippen LogP contribution in [-0.2, 0) is 49.3 Å². The van der Waals surface area contributed by atoms with Gasteiger partial charge in [0.1, 0.15) is 42.1 Å². The molecule has 0 bridgehead atoms. The number of amides is 6. The lowest BCUT2D eigenvalue weighted by atomic mass is 9.99. The Morgan fingerprint density at radius 1 is 0.790 bits per heavy atom. The van der Waals surface area contributed by atoms with Crippen LogP contribution in [0.15, 0.2) is 66.6 Å². The zero-order valence-corrected chi connectivity index (χ0v) is 44.6. The fraction of sp³-hybridized carbons (Fsp3) is 0.442. The van der Waals surface area contributed by atoms with Crippen molar-refractivity contribution in [2.45, 2.75) is 82.2 Å². The third kappa shape index (κ3) is 14.4. The maximum atomic E-state index is 14.4. The Kier molecular flexibility index (Phi) is 20.4. The predicted molar refractivity (Wildman–Crippen MR) is 281 cm³/mol. The van der Waals surface area contributed by atoms with Gasteiger partial charge in [0.05, 0.1) is 67.8 Å². The molecule has 6 amide bonds. The molecule has 29 heteroatoms. The Balaban J connectivity index is 1.04. The Morgan fingerprint density at radius 3 is 2.19 bits per heavy atom. The summed E-state index contributed by atoms with van der Waals surface area (Å²) in [6, 6.07) is 8.54. The fourth-order valence-electron chi connectivity index (χ4n) is 9.02. The number of carbonyl (C=O) groups is 7. The van der Waals surface area contributed by atoms with Gasteiger partial charge in [-0.15, -0.1) is 0 Å². The van der Waals surface area contributed by atoms with Crippen molar-refractivity contribution in [3.8, 4) is 17.2 Å². The largest absolute Gasteiger partial charge is 0.493 e. The first-order valence-electron chi connectivity index (χ1n) is 25.5. The van der Waals surface area contributed by atoms with Gasteiger partial charge in [-0.1, -0.05) is 11.6 Å². The van der Waals surface area contributed by atoms with Crippen molar-refractivity contribution < 1.29 is 97.5 Å². The second kappa shape index (κ2) is 27.4. The van der Waals surface area contributed by atoms with Crippen molar-refractivity contribution in [2.24, 2.45) is 20.0 Å². The van der Waals surface area contributed by atoms with E-state index >= 15 is 0 Å². The molecule has 5 heterocycles. The number of benzene rings is 2. The van der Waals surface area contributed by atoms with Crippen molar-refractivity contribution in [1.82, 2.24) is 24.7 Å². The van der Waals surface area contributed by atoms with Gasteiger partial charge >= 0.3 is 12.1 Å². The molecule has 1 saturated heterocycles. The van der Waals surface area contributed by atoms with E-state index in [4.69, 9.17) is 39.4 Å². The highest BCUT2D eigenvalue weighted by molar-refractivity contribution is 6.07. The minimum atomic E-state index is -2.02. The van der Waals surface area contributed by atoms with Crippen LogP contribution in [0.5, 0.6) is 17.2 Å². The highest BCUT2D eigenvalue weighted by Gasteiger charge is 2.49. The topological polar surface area (TPSA) is 396 Å². The first-order valence-corrected chi connectivity index (χ1v) is 25.5. The Labute approximate surface area is 462 Å². The lowest BCUT2D eigenvalue weighted by molar-refractivity contribution is -0.271. The Hall–Kier alpha value is -8.13. The summed E-state index contributed by atoms with van der Waals surface area (Å²) in [5, 5.41) is 72.6. The molecule has 29 nitrogen and oxygen atoms in total. The van der Waals surface area contributed by atoms with Crippen LogP contribution in [0.1, 0.15) is 79.9 Å². The minimum Gasteiger partial charge on any atom is -0.493 e. The minimum absolute atomic E-state index is 0.0148. The van der Waals surface area contributed by atoms with Crippen molar-refractivity contribution >= 4 is 58.7 Å². The van der Waals surface area contributed by atoms with E-state index in [0.29, 0.717) is 23.5 Å². The number of hydrogen-bond donors (Lipinski definition) is 11. The molecular weight excluding hydrogens is 1070 g/mol. The zero-order valence-electron chi connectivity index (χ0n) is 44.6. The van der Waals surface area contributed by atoms with Gasteiger partial charge in [-0.3, -0.25) is 24.0 Å². The number of carbonyl (C=O) groups excluding carboxylic acids is 6. The average molecular weight is 1140 g/mol. The van der Waals surface area contributed by atoms with Gasteiger partial charge in [0.15, 0.2) is 23.8 Å². The van der Waals surface area contributed by atoms with Crippen LogP contribution in [0, 0.1) is 0 Å². The highest BCUT2D eigenvalue weighted by atomic mass is 16.7. The molecule has 2 aromatic heterocycles. The maximum absolute atomic E-state index is 14.4. The molecule has 3 aliphatic rings. The second-order valence-corrected chi connectivity index (χ2v) is 19.0. The quantitative estimate of drug-likeness (QED) is 0.0308. The van der Waals surface area contributed by atoms with E-state index in [1.165, 1.54) is 59.0 Å². The smallest absolute Gasteiger partial charge is 0.416 e. The molecule has 1 unspecified atom stereocenters. The summed E-state index contributed by atoms with van der Waals surface area (Å²) in [6.07, 6.45) is -7.41. The highest BCUT2D eigenvalue weighted by Crippen LogP contribution is 2.42. The zero-order chi connectivity index (χ0) is 58.7. The van der Waals surface area contributed by atoms with Gasteiger partial charge in [-0.2, -0.15) is 0 Å². The van der Waals surface area contributed by atoms with Gasteiger partial charge in [0.25, 0.3) is 23.6 Å². The number of nitrogens with one attached hydrogen (secondary N) is 4. The van der Waals surface area contributed by atoms with Gasteiger partial charge in [0, 0.05) is 64.9 Å². The van der Waals surface area contributed by atoms with E-state index in [0.717, 1.165) is 10.5 Å². The summed E-state index contributed by atoms with van der Waals surface area (Å²) in [5.41, 5.74) is 1.65. The van der Waals surface area contributed by atoms with Crippen molar-refractivity contribution in [3.63, 3.8) is 0 Å². The monoisotopic (exact) mass is 1140 g/mol. The van der Waals surface area contributed by atoms with E-state index in [1.807, 2.05) is 0 Å². The lowest BCUT2D eigenvalue weighted by Gasteiger charge is -2.38. The van der Waals surface area contributed by atoms with Gasteiger partial charge < -0.3 is 99.2 Å². The molecule has 0 spiro atoms. The number of aryl methyl sites for hydroxylation is 2. The number of ether oxygens (including phenoxy) is 6. The van der Waals surface area contributed by atoms with Crippen LogP contribution in [-0.4, -0.2) is 182 Å². The van der Waals surface area contributed by atoms with Gasteiger partial charge in [-0.05, 0) is 62.1 Å². The number of nitrogens with zero attached hydrogens (tertiary/aromatic N) is 4. The van der Waals surface area contributed by atoms with Crippen LogP contribution in [0.4, 0.5) is 21.9 Å². The van der Waals surface area contributed by atoms with Crippen LogP contribution in [0.3, 0.4) is 0 Å². The number of aromatic nitrogens is 2. The number of aliphatic hydroxyl groups is 5. The molecule has 4 aromatic rings. The predicted octanol–water partition coefficient (Wildman–Crippen LogP) is 0.0356. The van der Waals surface area contributed by atoms with E-state index in [-0.39, 0.29) is 117 Å². The Morgan fingerprint density at radius 2 is 1.49 bits per heavy atom. The molecule has 0 radical (unpaired) electrons. The van der Waals surface area contributed by atoms with Crippen molar-refractivity contribution in [2.75, 3.05) is 68.8 Å².